The predicted octanol–water partition coefficient (Wildman–Crippen LogP) is 2.63. The summed E-state index contributed by atoms with van der Waals surface area (Å²) in [5, 5.41) is 9.11. The van der Waals surface area contributed by atoms with E-state index in [1.54, 1.807) is 13.8 Å². The van der Waals surface area contributed by atoms with Crippen LogP contribution in [-0.4, -0.2) is 16.1 Å². The molecule has 0 unspecified atom stereocenters. The third kappa shape index (κ3) is 2.42. The van der Waals surface area contributed by atoms with Gasteiger partial charge in [0.2, 0.25) is 0 Å². The van der Waals surface area contributed by atoms with E-state index in [2.05, 4.69) is 4.98 Å². The molecule has 2 aromatic rings. The summed E-state index contributed by atoms with van der Waals surface area (Å²) in [7, 11) is 0. The first kappa shape index (κ1) is 12.4. The molecule has 1 N–H and O–H groups in total. The number of carbonyl (C=O) groups is 1. The van der Waals surface area contributed by atoms with Gasteiger partial charge in [-0.2, -0.15) is 0 Å². The lowest BCUT2D eigenvalue weighted by molar-refractivity contribution is -0.143. The van der Waals surface area contributed by atoms with Crippen molar-refractivity contribution in [1.82, 2.24) is 4.98 Å². The van der Waals surface area contributed by atoms with E-state index < -0.39 is 11.4 Å². The van der Waals surface area contributed by atoms with Crippen molar-refractivity contribution in [2.45, 2.75) is 25.7 Å². The fraction of sp³-hybridized carbons (Fsp3) is 0.286. The van der Waals surface area contributed by atoms with Crippen LogP contribution in [-0.2, 0) is 16.6 Å². The van der Waals surface area contributed by atoms with E-state index in [0.717, 1.165) is 5.56 Å². The largest absolute Gasteiger partial charge is 0.481 e. The monoisotopic (exact) mass is 245 g/mol. The Morgan fingerprint density at radius 3 is 2.61 bits per heavy atom. The van der Waals surface area contributed by atoms with Crippen LogP contribution in [0.1, 0.15) is 31.1 Å². The Kier molecular flexibility index (Phi) is 3.19. The Morgan fingerprint density at radius 2 is 2.00 bits per heavy atom. The highest BCUT2D eigenvalue weighted by Gasteiger charge is 2.33. The first-order chi connectivity index (χ1) is 8.50. The third-order valence-electron chi connectivity index (χ3n) is 2.90. The second-order valence-corrected chi connectivity index (χ2v) is 4.71. The summed E-state index contributed by atoms with van der Waals surface area (Å²) in [5.74, 6) is -0.0173. The van der Waals surface area contributed by atoms with Crippen LogP contribution in [0.25, 0.3) is 0 Å². The highest BCUT2D eigenvalue weighted by Crippen LogP contribution is 2.24. The molecule has 0 fully saturated rings. The zero-order valence-corrected chi connectivity index (χ0v) is 10.4. The average Bonchev–Trinajstić information content (AvgIpc) is 2.79. The van der Waals surface area contributed by atoms with Crippen LogP contribution in [0.2, 0.25) is 0 Å². The molecular formula is C14H15NO3. The lowest BCUT2D eigenvalue weighted by atomic mass is 9.91. The van der Waals surface area contributed by atoms with E-state index in [0.29, 0.717) is 18.1 Å². The Bertz CT molecular complexity index is 543. The van der Waals surface area contributed by atoms with E-state index in [1.807, 2.05) is 30.3 Å². The summed E-state index contributed by atoms with van der Waals surface area (Å²) in [5.41, 5.74) is 0.0288. The van der Waals surface area contributed by atoms with Crippen molar-refractivity contribution in [3.63, 3.8) is 0 Å². The SMILES string of the molecule is CC(C)(C(=O)O)c1cnc(Cc2ccccc2)o1. The molecule has 0 aliphatic heterocycles. The molecule has 18 heavy (non-hydrogen) atoms. The molecule has 0 bridgehead atoms. The minimum Gasteiger partial charge on any atom is -0.481 e. The number of aromatic nitrogens is 1. The number of carboxylic acids is 1. The fourth-order valence-electron chi connectivity index (χ4n) is 1.56. The predicted molar refractivity (Wildman–Crippen MR) is 66.4 cm³/mol. The molecule has 4 nitrogen and oxygen atoms in total. The van der Waals surface area contributed by atoms with Gasteiger partial charge < -0.3 is 9.52 Å². The Labute approximate surface area is 105 Å². The van der Waals surface area contributed by atoms with E-state index in [9.17, 15) is 4.79 Å². The number of hydrogen-bond donors (Lipinski definition) is 1. The maximum Gasteiger partial charge on any atom is 0.316 e. The van der Waals surface area contributed by atoms with Gasteiger partial charge >= 0.3 is 5.97 Å². The molecule has 0 atom stereocenters. The smallest absolute Gasteiger partial charge is 0.316 e. The normalized spacial score (nSPS) is 11.4. The van der Waals surface area contributed by atoms with Crippen LogP contribution in [0.4, 0.5) is 0 Å². The van der Waals surface area contributed by atoms with Crippen molar-refractivity contribution in [2.75, 3.05) is 0 Å². The van der Waals surface area contributed by atoms with Crippen LogP contribution < -0.4 is 0 Å². The van der Waals surface area contributed by atoms with Gasteiger partial charge in [-0.1, -0.05) is 30.3 Å². The van der Waals surface area contributed by atoms with Crippen LogP contribution in [0, 0.1) is 0 Å². The van der Waals surface area contributed by atoms with Crippen molar-refractivity contribution in [2.24, 2.45) is 0 Å². The van der Waals surface area contributed by atoms with Gasteiger partial charge in [0, 0.05) is 6.42 Å². The van der Waals surface area contributed by atoms with Crippen LogP contribution in [0.3, 0.4) is 0 Å². The number of nitrogens with zero attached hydrogens (tertiary/aromatic N) is 1. The molecule has 0 amide bonds. The number of benzene rings is 1. The molecule has 1 aromatic carbocycles. The lowest BCUT2D eigenvalue weighted by Gasteiger charge is -2.14. The van der Waals surface area contributed by atoms with Crippen molar-refractivity contribution >= 4 is 5.97 Å². The average molecular weight is 245 g/mol. The van der Waals surface area contributed by atoms with E-state index >= 15 is 0 Å². The first-order valence-corrected chi connectivity index (χ1v) is 5.72. The molecular weight excluding hydrogens is 230 g/mol. The highest BCUT2D eigenvalue weighted by atomic mass is 16.4. The second kappa shape index (κ2) is 4.64. The molecule has 94 valence electrons. The Hall–Kier alpha value is -2.10. The Balaban J connectivity index is 2.19. The summed E-state index contributed by atoms with van der Waals surface area (Å²) >= 11 is 0. The van der Waals surface area contributed by atoms with Crippen molar-refractivity contribution in [1.29, 1.82) is 0 Å². The zero-order chi connectivity index (χ0) is 13.2. The molecule has 0 aliphatic carbocycles. The lowest BCUT2D eigenvalue weighted by Crippen LogP contribution is -2.27. The zero-order valence-electron chi connectivity index (χ0n) is 10.4. The van der Waals surface area contributed by atoms with Gasteiger partial charge in [-0.25, -0.2) is 4.98 Å². The molecule has 2 rings (SSSR count). The van der Waals surface area contributed by atoms with Gasteiger partial charge in [0.05, 0.1) is 6.20 Å². The van der Waals surface area contributed by atoms with E-state index in [1.165, 1.54) is 6.20 Å². The minimum absolute atomic E-state index is 0.376. The number of rotatable bonds is 4. The van der Waals surface area contributed by atoms with Crippen LogP contribution in [0.5, 0.6) is 0 Å². The third-order valence-corrected chi connectivity index (χ3v) is 2.90. The van der Waals surface area contributed by atoms with Gasteiger partial charge in [0.15, 0.2) is 5.89 Å². The van der Waals surface area contributed by atoms with Crippen LogP contribution >= 0.6 is 0 Å². The van der Waals surface area contributed by atoms with Crippen molar-refractivity contribution < 1.29 is 14.3 Å². The number of carboxylic acid groups (broad SMARTS) is 1. The summed E-state index contributed by atoms with van der Waals surface area (Å²) < 4.78 is 5.52. The standard InChI is InChI=1S/C14H15NO3/c1-14(2,13(16)17)11-9-15-12(18-11)8-10-6-4-3-5-7-10/h3-7,9H,8H2,1-2H3,(H,16,17). The van der Waals surface area contributed by atoms with Crippen LogP contribution in [0.15, 0.2) is 40.9 Å². The number of oxazole rings is 1. The summed E-state index contributed by atoms with van der Waals surface area (Å²) in [6, 6.07) is 9.79. The molecule has 0 radical (unpaired) electrons. The van der Waals surface area contributed by atoms with Gasteiger partial charge in [-0.15, -0.1) is 0 Å². The summed E-state index contributed by atoms with van der Waals surface area (Å²) in [4.78, 5) is 15.2. The van der Waals surface area contributed by atoms with Gasteiger partial charge in [-0.3, -0.25) is 4.79 Å². The Morgan fingerprint density at radius 1 is 1.33 bits per heavy atom. The molecule has 0 saturated heterocycles. The summed E-state index contributed by atoms with van der Waals surface area (Å²) in [6.45, 7) is 3.20. The van der Waals surface area contributed by atoms with Crippen molar-refractivity contribution in [3.8, 4) is 0 Å². The number of aliphatic carboxylic acids is 1. The molecule has 1 aromatic heterocycles. The topological polar surface area (TPSA) is 63.3 Å². The van der Waals surface area contributed by atoms with Gasteiger partial charge in [0.1, 0.15) is 11.2 Å². The fourth-order valence-corrected chi connectivity index (χ4v) is 1.56. The van der Waals surface area contributed by atoms with E-state index in [4.69, 9.17) is 9.52 Å². The van der Waals surface area contributed by atoms with Gasteiger partial charge in [-0.05, 0) is 19.4 Å². The molecule has 0 saturated carbocycles. The molecule has 0 spiro atoms. The second-order valence-electron chi connectivity index (χ2n) is 4.71. The quantitative estimate of drug-likeness (QED) is 0.899. The maximum atomic E-state index is 11.1. The van der Waals surface area contributed by atoms with Gasteiger partial charge in [0.25, 0.3) is 0 Å². The molecule has 4 heteroatoms. The first-order valence-electron chi connectivity index (χ1n) is 5.72. The molecule has 1 heterocycles. The minimum atomic E-state index is -1.05. The highest BCUT2D eigenvalue weighted by molar-refractivity contribution is 5.79. The molecule has 0 aliphatic rings. The van der Waals surface area contributed by atoms with Crippen molar-refractivity contribution in [3.05, 3.63) is 53.7 Å². The van der Waals surface area contributed by atoms with E-state index in [-0.39, 0.29) is 0 Å². The maximum absolute atomic E-state index is 11.1. The number of hydrogen-bond acceptors (Lipinski definition) is 3. The summed E-state index contributed by atoms with van der Waals surface area (Å²) in [6.07, 6.45) is 2.06.